The summed E-state index contributed by atoms with van der Waals surface area (Å²) in [6.45, 7) is 0.502. The Bertz CT molecular complexity index is 462. The largest absolute Gasteiger partial charge is 0.330 e. The van der Waals surface area contributed by atoms with E-state index in [0.29, 0.717) is 21.2 Å². The average Bonchev–Trinajstić information content (AvgIpc) is 2.57. The number of carbonyl (C=O) groups excluding carboxylic acids is 1. The van der Waals surface area contributed by atoms with Crippen molar-refractivity contribution >= 4 is 44.8 Å². The van der Waals surface area contributed by atoms with Crippen LogP contribution in [0.4, 0.5) is 4.39 Å². The maximum absolute atomic E-state index is 13.0. The molecule has 1 aliphatic heterocycles. The molecule has 7 heteroatoms. The third-order valence-corrected chi connectivity index (χ3v) is 3.86. The summed E-state index contributed by atoms with van der Waals surface area (Å²) < 4.78 is 13.9. The Kier molecular flexibility index (Phi) is 3.61. The summed E-state index contributed by atoms with van der Waals surface area (Å²) in [5.41, 5.74) is 0.188. The Morgan fingerprint density at radius 3 is 3.00 bits per heavy atom. The standard InChI is InChI=1S/C9H7BrClFN2OS/c10-9-13-6(7(11)16-9)8(15)14-3-1-2-5(12)4-14/h2H,1,3-4H2. The number of carbonyl (C=O) groups is 1. The summed E-state index contributed by atoms with van der Waals surface area (Å²) >= 11 is 10.2. The van der Waals surface area contributed by atoms with Crippen LogP contribution in [0, 0.1) is 0 Å². The van der Waals surface area contributed by atoms with Crippen LogP contribution in [0.5, 0.6) is 0 Å². The van der Waals surface area contributed by atoms with Crippen LogP contribution in [0.2, 0.25) is 4.34 Å². The minimum atomic E-state index is -0.324. The van der Waals surface area contributed by atoms with Gasteiger partial charge in [0.2, 0.25) is 0 Å². The summed E-state index contributed by atoms with van der Waals surface area (Å²) in [7, 11) is 0. The number of rotatable bonds is 1. The zero-order chi connectivity index (χ0) is 11.7. The molecule has 2 heterocycles. The molecule has 0 N–H and O–H groups in total. The Balaban J connectivity index is 2.19. The molecule has 1 amide bonds. The molecule has 0 radical (unpaired) electrons. The highest BCUT2D eigenvalue weighted by Crippen LogP contribution is 2.29. The minimum absolute atomic E-state index is 0.00427. The van der Waals surface area contributed by atoms with Crippen molar-refractivity contribution < 1.29 is 9.18 Å². The van der Waals surface area contributed by atoms with Crippen LogP contribution in [-0.2, 0) is 0 Å². The highest BCUT2D eigenvalue weighted by Gasteiger charge is 2.24. The fourth-order valence-electron chi connectivity index (χ4n) is 1.43. The quantitative estimate of drug-likeness (QED) is 0.794. The Labute approximate surface area is 109 Å². The molecule has 1 aliphatic rings. The lowest BCUT2D eigenvalue weighted by Gasteiger charge is -2.23. The number of aromatic nitrogens is 1. The molecular weight excluding hydrogens is 319 g/mol. The first-order valence-electron chi connectivity index (χ1n) is 4.53. The predicted octanol–water partition coefficient (Wildman–Crippen LogP) is 3.26. The zero-order valence-electron chi connectivity index (χ0n) is 8.04. The summed E-state index contributed by atoms with van der Waals surface area (Å²) in [6.07, 6.45) is 2.02. The molecule has 0 spiro atoms. The van der Waals surface area contributed by atoms with Gasteiger partial charge in [-0.25, -0.2) is 9.37 Å². The smallest absolute Gasteiger partial charge is 0.275 e. The van der Waals surface area contributed by atoms with Gasteiger partial charge in [-0.3, -0.25) is 4.79 Å². The van der Waals surface area contributed by atoms with E-state index < -0.39 is 0 Å². The van der Waals surface area contributed by atoms with Crippen LogP contribution in [-0.4, -0.2) is 28.9 Å². The van der Waals surface area contributed by atoms with Gasteiger partial charge >= 0.3 is 0 Å². The van der Waals surface area contributed by atoms with Crippen molar-refractivity contribution in [3.63, 3.8) is 0 Å². The molecular formula is C9H7BrClFN2OS. The third-order valence-electron chi connectivity index (χ3n) is 2.16. The Hall–Kier alpha value is -0.460. The van der Waals surface area contributed by atoms with Crippen molar-refractivity contribution in [2.24, 2.45) is 0 Å². The first kappa shape index (κ1) is 12.0. The predicted molar refractivity (Wildman–Crippen MR) is 64.5 cm³/mol. The van der Waals surface area contributed by atoms with Crippen LogP contribution in [0.1, 0.15) is 16.9 Å². The molecule has 1 aromatic rings. The van der Waals surface area contributed by atoms with Crippen molar-refractivity contribution in [2.75, 3.05) is 13.1 Å². The van der Waals surface area contributed by atoms with Crippen molar-refractivity contribution in [1.82, 2.24) is 9.88 Å². The van der Waals surface area contributed by atoms with E-state index in [1.807, 2.05) is 0 Å². The third kappa shape index (κ3) is 2.44. The number of nitrogens with zero attached hydrogens (tertiary/aromatic N) is 2. The highest BCUT2D eigenvalue weighted by atomic mass is 79.9. The van der Waals surface area contributed by atoms with Crippen molar-refractivity contribution in [2.45, 2.75) is 6.42 Å². The molecule has 86 valence electrons. The first-order valence-corrected chi connectivity index (χ1v) is 6.52. The topological polar surface area (TPSA) is 33.2 Å². The number of hydrogen-bond donors (Lipinski definition) is 0. The lowest BCUT2D eigenvalue weighted by atomic mass is 10.2. The van der Waals surface area contributed by atoms with Crippen LogP contribution >= 0.6 is 38.9 Å². The van der Waals surface area contributed by atoms with E-state index in [1.54, 1.807) is 0 Å². The molecule has 0 aliphatic carbocycles. The fourth-order valence-corrected chi connectivity index (χ4v) is 3.23. The molecule has 0 atom stereocenters. The van der Waals surface area contributed by atoms with Crippen LogP contribution in [0.3, 0.4) is 0 Å². The Morgan fingerprint density at radius 2 is 2.44 bits per heavy atom. The second-order valence-corrected chi connectivity index (χ2v) is 6.13. The Morgan fingerprint density at radius 1 is 1.69 bits per heavy atom. The molecule has 0 saturated heterocycles. The average molecular weight is 326 g/mol. The molecule has 1 aromatic heterocycles. The zero-order valence-corrected chi connectivity index (χ0v) is 11.2. The minimum Gasteiger partial charge on any atom is -0.330 e. The molecule has 0 saturated carbocycles. The maximum atomic E-state index is 13.0. The lowest BCUT2D eigenvalue weighted by Crippen LogP contribution is -2.35. The monoisotopic (exact) mass is 324 g/mol. The van der Waals surface area contributed by atoms with Gasteiger partial charge in [-0.1, -0.05) is 22.9 Å². The molecule has 0 unspecified atom stereocenters. The molecule has 0 aromatic carbocycles. The van der Waals surface area contributed by atoms with Gasteiger partial charge in [0.15, 0.2) is 9.61 Å². The van der Waals surface area contributed by atoms with Crippen molar-refractivity contribution in [3.05, 3.63) is 25.9 Å². The van der Waals surface area contributed by atoms with Crippen molar-refractivity contribution in [3.8, 4) is 0 Å². The van der Waals surface area contributed by atoms with E-state index in [9.17, 15) is 9.18 Å². The van der Waals surface area contributed by atoms with Crippen LogP contribution in [0.15, 0.2) is 15.8 Å². The number of hydrogen-bond acceptors (Lipinski definition) is 3. The van der Waals surface area contributed by atoms with E-state index >= 15 is 0 Å². The first-order chi connectivity index (χ1) is 7.58. The number of thiazole rings is 1. The van der Waals surface area contributed by atoms with E-state index in [-0.39, 0.29) is 24.0 Å². The van der Waals surface area contributed by atoms with E-state index in [1.165, 1.54) is 22.3 Å². The maximum Gasteiger partial charge on any atom is 0.275 e. The summed E-state index contributed by atoms with van der Waals surface area (Å²) in [6, 6.07) is 0. The van der Waals surface area contributed by atoms with Gasteiger partial charge in [0.25, 0.3) is 5.91 Å². The van der Waals surface area contributed by atoms with Gasteiger partial charge in [0, 0.05) is 6.54 Å². The molecule has 0 bridgehead atoms. The molecule has 16 heavy (non-hydrogen) atoms. The number of halogens is 3. The molecule has 2 rings (SSSR count). The van der Waals surface area contributed by atoms with Crippen LogP contribution in [0.25, 0.3) is 0 Å². The van der Waals surface area contributed by atoms with E-state index in [0.717, 1.165) is 0 Å². The second kappa shape index (κ2) is 4.81. The SMILES string of the molecule is O=C(c1nc(Br)sc1Cl)N1CCC=C(F)C1. The van der Waals surface area contributed by atoms with E-state index in [4.69, 9.17) is 11.6 Å². The van der Waals surface area contributed by atoms with Gasteiger partial charge in [0.1, 0.15) is 10.2 Å². The van der Waals surface area contributed by atoms with E-state index in [2.05, 4.69) is 20.9 Å². The van der Waals surface area contributed by atoms with Crippen LogP contribution < -0.4 is 0 Å². The van der Waals surface area contributed by atoms with Gasteiger partial charge in [-0.2, -0.15) is 0 Å². The van der Waals surface area contributed by atoms with Gasteiger partial charge < -0.3 is 4.90 Å². The second-order valence-electron chi connectivity index (χ2n) is 3.26. The summed E-state index contributed by atoms with van der Waals surface area (Å²) in [5, 5.41) is 0. The normalized spacial score (nSPS) is 16.2. The van der Waals surface area contributed by atoms with Gasteiger partial charge in [0.05, 0.1) is 6.54 Å². The molecule has 3 nitrogen and oxygen atoms in total. The van der Waals surface area contributed by atoms with Gasteiger partial charge in [-0.05, 0) is 28.4 Å². The summed E-state index contributed by atoms with van der Waals surface area (Å²) in [5.74, 6) is -0.611. The lowest BCUT2D eigenvalue weighted by molar-refractivity contribution is 0.0750. The molecule has 0 fully saturated rings. The summed E-state index contributed by atoms with van der Waals surface area (Å²) in [4.78, 5) is 17.3. The fraction of sp³-hybridized carbons (Fsp3) is 0.333. The number of amides is 1. The highest BCUT2D eigenvalue weighted by molar-refractivity contribution is 9.11. The van der Waals surface area contributed by atoms with Gasteiger partial charge in [-0.15, -0.1) is 0 Å². The van der Waals surface area contributed by atoms with Crippen molar-refractivity contribution in [1.29, 1.82) is 0 Å².